The van der Waals surface area contributed by atoms with Gasteiger partial charge in [-0.1, -0.05) is 42.0 Å². The third-order valence-corrected chi connectivity index (χ3v) is 2.82. The predicted octanol–water partition coefficient (Wildman–Crippen LogP) is 3.35. The van der Waals surface area contributed by atoms with Gasteiger partial charge in [-0.3, -0.25) is 0 Å². The topological polar surface area (TPSA) is 26.3 Å². The largest absolute Gasteiger partial charge is 0.454 e. The Labute approximate surface area is 102 Å². The molecule has 0 radical (unpaired) electrons. The Hall–Kier alpha value is -1.83. The minimum Gasteiger partial charge on any atom is -0.454 e. The van der Waals surface area contributed by atoms with Gasteiger partial charge in [0.15, 0.2) is 0 Å². The molecule has 1 aliphatic heterocycles. The van der Waals surface area contributed by atoms with Gasteiger partial charge >= 0.3 is 5.97 Å². The lowest BCUT2D eigenvalue weighted by Gasteiger charge is -2.00. The van der Waals surface area contributed by atoms with Crippen molar-refractivity contribution in [3.05, 3.63) is 53.1 Å². The zero-order valence-electron chi connectivity index (χ0n) is 10.1. The van der Waals surface area contributed by atoms with Crippen molar-refractivity contribution < 1.29 is 9.53 Å². The first-order chi connectivity index (χ1) is 8.16. The molecule has 0 spiro atoms. The molecule has 88 valence electrons. The summed E-state index contributed by atoms with van der Waals surface area (Å²) in [6.45, 7) is 3.89. The van der Waals surface area contributed by atoms with Gasteiger partial charge in [-0.05, 0) is 25.5 Å². The highest BCUT2D eigenvalue weighted by atomic mass is 16.5. The molecule has 0 amide bonds. The molecular formula is C15H16O2. The summed E-state index contributed by atoms with van der Waals surface area (Å²) in [5, 5.41) is 0. The van der Waals surface area contributed by atoms with Crippen LogP contribution in [0.15, 0.2) is 47.6 Å². The van der Waals surface area contributed by atoms with E-state index in [2.05, 4.69) is 0 Å². The van der Waals surface area contributed by atoms with E-state index in [1.54, 1.807) is 0 Å². The first kappa shape index (κ1) is 11.6. The number of allylic oxidation sites excluding steroid dienone is 1. The second kappa shape index (κ2) is 5.00. The summed E-state index contributed by atoms with van der Waals surface area (Å²) in [4.78, 5) is 11.5. The molecule has 0 aromatic heterocycles. The van der Waals surface area contributed by atoms with Gasteiger partial charge in [0.1, 0.15) is 6.10 Å². The average Bonchev–Trinajstić information content (AvgIpc) is 2.69. The fraction of sp³-hybridized carbons (Fsp3) is 0.267. The summed E-state index contributed by atoms with van der Waals surface area (Å²) in [6, 6.07) is 10.0. The summed E-state index contributed by atoms with van der Waals surface area (Å²) >= 11 is 0. The fourth-order valence-electron chi connectivity index (χ4n) is 1.83. The van der Waals surface area contributed by atoms with Gasteiger partial charge in [-0.15, -0.1) is 0 Å². The van der Waals surface area contributed by atoms with Gasteiger partial charge in [0.05, 0.1) is 0 Å². The lowest BCUT2D eigenvalue weighted by atomic mass is 10.1. The molecule has 1 atom stereocenters. The number of rotatable bonds is 2. The Morgan fingerprint density at radius 1 is 1.29 bits per heavy atom. The van der Waals surface area contributed by atoms with E-state index < -0.39 is 0 Å². The second-order valence-electron chi connectivity index (χ2n) is 4.40. The van der Waals surface area contributed by atoms with E-state index in [1.807, 2.05) is 56.3 Å². The van der Waals surface area contributed by atoms with Crippen LogP contribution < -0.4 is 0 Å². The SMILES string of the molecule is CC(C)=C1CC(/C=C/c2ccccc2)OC1=O. The van der Waals surface area contributed by atoms with E-state index >= 15 is 0 Å². The fourth-order valence-corrected chi connectivity index (χ4v) is 1.83. The maximum atomic E-state index is 11.5. The molecule has 0 N–H and O–H groups in total. The summed E-state index contributed by atoms with van der Waals surface area (Å²) in [5.41, 5.74) is 2.98. The number of hydrogen-bond donors (Lipinski definition) is 0. The van der Waals surface area contributed by atoms with Crippen molar-refractivity contribution in [2.24, 2.45) is 0 Å². The van der Waals surface area contributed by atoms with Crippen molar-refractivity contribution in [3.8, 4) is 0 Å². The number of carbonyl (C=O) groups is 1. The second-order valence-corrected chi connectivity index (χ2v) is 4.40. The van der Waals surface area contributed by atoms with Gasteiger partial charge in [0, 0.05) is 12.0 Å². The molecule has 2 nitrogen and oxygen atoms in total. The third-order valence-electron chi connectivity index (χ3n) is 2.82. The molecular weight excluding hydrogens is 212 g/mol. The highest BCUT2D eigenvalue weighted by Gasteiger charge is 2.27. The molecule has 0 bridgehead atoms. The van der Waals surface area contributed by atoms with E-state index in [9.17, 15) is 4.79 Å². The van der Waals surface area contributed by atoms with E-state index in [0.717, 1.165) is 16.7 Å². The monoisotopic (exact) mass is 228 g/mol. The van der Waals surface area contributed by atoms with Crippen molar-refractivity contribution >= 4 is 12.0 Å². The maximum Gasteiger partial charge on any atom is 0.334 e. The minimum atomic E-state index is -0.173. The first-order valence-corrected chi connectivity index (χ1v) is 5.77. The molecule has 1 saturated heterocycles. The Morgan fingerprint density at radius 2 is 2.00 bits per heavy atom. The standard InChI is InChI=1S/C15H16O2/c1-11(2)14-10-13(17-15(14)16)9-8-12-6-4-3-5-7-12/h3-9,13H,10H2,1-2H3/b9-8+. The van der Waals surface area contributed by atoms with Crippen LogP contribution in [0.3, 0.4) is 0 Å². The van der Waals surface area contributed by atoms with Gasteiger partial charge in [-0.25, -0.2) is 4.79 Å². The van der Waals surface area contributed by atoms with Crippen LogP contribution in [0.1, 0.15) is 25.8 Å². The van der Waals surface area contributed by atoms with Gasteiger partial charge in [-0.2, -0.15) is 0 Å². The lowest BCUT2D eigenvalue weighted by molar-refractivity contribution is -0.137. The van der Waals surface area contributed by atoms with Crippen LogP contribution in [0, 0.1) is 0 Å². The minimum absolute atomic E-state index is 0.118. The Morgan fingerprint density at radius 3 is 2.59 bits per heavy atom. The zero-order chi connectivity index (χ0) is 12.3. The Kier molecular flexibility index (Phi) is 3.43. The third kappa shape index (κ3) is 2.84. The predicted molar refractivity (Wildman–Crippen MR) is 68.3 cm³/mol. The van der Waals surface area contributed by atoms with Crippen molar-refractivity contribution in [2.45, 2.75) is 26.4 Å². The van der Waals surface area contributed by atoms with Crippen LogP contribution in [-0.2, 0) is 9.53 Å². The Balaban J connectivity index is 2.06. The van der Waals surface area contributed by atoms with Gasteiger partial charge in [0.25, 0.3) is 0 Å². The Bertz CT molecular complexity index is 465. The van der Waals surface area contributed by atoms with Crippen molar-refractivity contribution in [3.63, 3.8) is 0 Å². The van der Waals surface area contributed by atoms with Crippen LogP contribution in [0.2, 0.25) is 0 Å². The molecule has 1 aliphatic rings. The molecule has 2 heteroatoms. The van der Waals surface area contributed by atoms with Crippen LogP contribution >= 0.6 is 0 Å². The number of benzene rings is 1. The maximum absolute atomic E-state index is 11.5. The highest BCUT2D eigenvalue weighted by Crippen LogP contribution is 2.24. The lowest BCUT2D eigenvalue weighted by Crippen LogP contribution is -2.02. The van der Waals surface area contributed by atoms with Crippen LogP contribution in [-0.4, -0.2) is 12.1 Å². The van der Waals surface area contributed by atoms with Crippen LogP contribution in [0.25, 0.3) is 6.08 Å². The van der Waals surface area contributed by atoms with Crippen molar-refractivity contribution in [1.29, 1.82) is 0 Å². The van der Waals surface area contributed by atoms with E-state index in [-0.39, 0.29) is 12.1 Å². The molecule has 1 aromatic rings. The molecule has 0 saturated carbocycles. The molecule has 1 unspecified atom stereocenters. The quantitative estimate of drug-likeness (QED) is 0.573. The average molecular weight is 228 g/mol. The van der Waals surface area contributed by atoms with Gasteiger partial charge < -0.3 is 4.74 Å². The number of carbonyl (C=O) groups excluding carboxylic acids is 1. The van der Waals surface area contributed by atoms with Crippen molar-refractivity contribution in [2.75, 3.05) is 0 Å². The zero-order valence-corrected chi connectivity index (χ0v) is 10.1. The van der Waals surface area contributed by atoms with E-state index in [4.69, 9.17) is 4.74 Å². The summed E-state index contributed by atoms with van der Waals surface area (Å²) in [7, 11) is 0. The molecule has 1 fully saturated rings. The van der Waals surface area contributed by atoms with E-state index in [0.29, 0.717) is 6.42 Å². The van der Waals surface area contributed by atoms with Gasteiger partial charge in [0.2, 0.25) is 0 Å². The molecule has 1 heterocycles. The number of hydrogen-bond acceptors (Lipinski definition) is 2. The normalized spacial score (nSPS) is 19.8. The number of esters is 1. The van der Waals surface area contributed by atoms with Crippen molar-refractivity contribution in [1.82, 2.24) is 0 Å². The highest BCUT2D eigenvalue weighted by molar-refractivity contribution is 5.91. The van der Waals surface area contributed by atoms with Crippen LogP contribution in [0.5, 0.6) is 0 Å². The molecule has 1 aromatic carbocycles. The molecule has 2 rings (SSSR count). The number of cyclic esters (lactones) is 1. The molecule has 0 aliphatic carbocycles. The summed E-state index contributed by atoms with van der Waals surface area (Å²) in [5.74, 6) is -0.173. The number of ether oxygens (including phenoxy) is 1. The first-order valence-electron chi connectivity index (χ1n) is 5.77. The van der Waals surface area contributed by atoms with E-state index in [1.165, 1.54) is 0 Å². The van der Waals surface area contributed by atoms with Crippen LogP contribution in [0.4, 0.5) is 0 Å². The smallest absolute Gasteiger partial charge is 0.334 e. The summed E-state index contributed by atoms with van der Waals surface area (Å²) < 4.78 is 5.27. The summed E-state index contributed by atoms with van der Waals surface area (Å²) in [6.07, 6.45) is 4.51. The molecule has 17 heavy (non-hydrogen) atoms.